The minimum Gasteiger partial charge on any atom is -0.478 e. The summed E-state index contributed by atoms with van der Waals surface area (Å²) >= 11 is 0. The zero-order valence-corrected chi connectivity index (χ0v) is 11.5. The summed E-state index contributed by atoms with van der Waals surface area (Å²) in [7, 11) is 0. The Labute approximate surface area is 128 Å². The third-order valence-corrected chi connectivity index (χ3v) is 3.37. The van der Waals surface area contributed by atoms with Crippen molar-refractivity contribution in [1.82, 2.24) is 10.2 Å². The molecule has 0 aliphatic heterocycles. The van der Waals surface area contributed by atoms with Crippen molar-refractivity contribution in [2.45, 2.75) is 0 Å². The first-order valence-electron chi connectivity index (χ1n) is 6.54. The summed E-state index contributed by atoms with van der Waals surface area (Å²) in [5.41, 5.74) is -1.12. The Morgan fingerprint density at radius 3 is 2.48 bits per heavy atom. The molecule has 3 rings (SSSR count). The average molecular weight is 312 g/mol. The van der Waals surface area contributed by atoms with Crippen molar-refractivity contribution in [3.63, 3.8) is 0 Å². The fourth-order valence-electron chi connectivity index (χ4n) is 2.25. The van der Waals surface area contributed by atoms with E-state index in [1.54, 1.807) is 24.3 Å². The number of ketones is 1. The van der Waals surface area contributed by atoms with Crippen LogP contribution < -0.4 is 5.56 Å². The molecule has 7 heteroatoms. The Morgan fingerprint density at radius 1 is 1.09 bits per heavy atom. The van der Waals surface area contributed by atoms with E-state index in [1.807, 2.05) is 0 Å². The van der Waals surface area contributed by atoms with Gasteiger partial charge in [-0.1, -0.05) is 18.2 Å². The van der Waals surface area contributed by atoms with E-state index >= 15 is 0 Å². The Balaban J connectivity index is 2.19. The molecule has 0 saturated heterocycles. The van der Waals surface area contributed by atoms with Gasteiger partial charge in [-0.25, -0.2) is 14.3 Å². The van der Waals surface area contributed by atoms with E-state index in [0.29, 0.717) is 5.39 Å². The van der Waals surface area contributed by atoms with Crippen LogP contribution in [-0.2, 0) is 0 Å². The Bertz CT molecular complexity index is 1010. The molecule has 6 nitrogen and oxygen atoms in total. The Morgan fingerprint density at radius 2 is 1.78 bits per heavy atom. The van der Waals surface area contributed by atoms with Crippen LogP contribution in [-0.4, -0.2) is 27.1 Å². The van der Waals surface area contributed by atoms with Gasteiger partial charge in [-0.2, -0.15) is 5.10 Å². The summed E-state index contributed by atoms with van der Waals surface area (Å²) in [5.74, 6) is -3.02. The SMILES string of the molecule is O=C(O)c1cc(C(=O)c2n[nH]c(=O)c3ccccc23)ccc1F. The van der Waals surface area contributed by atoms with Crippen molar-refractivity contribution in [3.8, 4) is 0 Å². The van der Waals surface area contributed by atoms with Gasteiger partial charge in [0.05, 0.1) is 10.9 Å². The Hall–Kier alpha value is -3.35. The topological polar surface area (TPSA) is 100 Å². The molecule has 0 fully saturated rings. The quantitative estimate of drug-likeness (QED) is 0.720. The van der Waals surface area contributed by atoms with Crippen molar-refractivity contribution in [2.24, 2.45) is 0 Å². The van der Waals surface area contributed by atoms with Gasteiger partial charge in [-0.3, -0.25) is 9.59 Å². The molecule has 0 radical (unpaired) electrons. The first-order valence-corrected chi connectivity index (χ1v) is 6.54. The van der Waals surface area contributed by atoms with E-state index in [0.717, 1.165) is 12.1 Å². The molecule has 2 aromatic carbocycles. The third-order valence-electron chi connectivity index (χ3n) is 3.37. The standard InChI is InChI=1S/C16H9FN2O4/c17-12-6-5-8(7-11(12)16(22)23)14(20)13-9-3-1-2-4-10(9)15(21)19-18-13/h1-7H,(H,19,21)(H,22,23). The number of aromatic nitrogens is 2. The summed E-state index contributed by atoms with van der Waals surface area (Å²) in [6.45, 7) is 0. The smallest absolute Gasteiger partial charge is 0.338 e. The molecule has 0 atom stereocenters. The van der Waals surface area contributed by atoms with Gasteiger partial charge in [-0.05, 0) is 24.3 Å². The van der Waals surface area contributed by atoms with Gasteiger partial charge >= 0.3 is 5.97 Å². The maximum absolute atomic E-state index is 13.4. The average Bonchev–Trinajstić information content (AvgIpc) is 2.55. The molecule has 23 heavy (non-hydrogen) atoms. The molecule has 114 valence electrons. The van der Waals surface area contributed by atoms with Gasteiger partial charge in [0.2, 0.25) is 5.78 Å². The van der Waals surface area contributed by atoms with Gasteiger partial charge in [0.1, 0.15) is 11.5 Å². The number of nitrogens with one attached hydrogen (secondary N) is 1. The van der Waals surface area contributed by atoms with Crippen LogP contribution in [0.3, 0.4) is 0 Å². The summed E-state index contributed by atoms with van der Waals surface area (Å²) in [4.78, 5) is 35.3. The van der Waals surface area contributed by atoms with Gasteiger partial charge in [0, 0.05) is 10.9 Å². The minimum absolute atomic E-state index is 0.0338. The number of rotatable bonds is 3. The lowest BCUT2D eigenvalue weighted by atomic mass is 10.0. The number of H-pyrrole nitrogens is 1. The number of fused-ring (bicyclic) bond motifs is 1. The maximum Gasteiger partial charge on any atom is 0.338 e. The first kappa shape index (κ1) is 14.6. The van der Waals surface area contributed by atoms with E-state index in [-0.39, 0.29) is 16.6 Å². The van der Waals surface area contributed by atoms with Crippen molar-refractivity contribution in [3.05, 3.63) is 75.5 Å². The number of aromatic carboxylic acids is 1. The third kappa shape index (κ3) is 2.48. The molecule has 0 aliphatic carbocycles. The number of nitrogens with zero attached hydrogens (tertiary/aromatic N) is 1. The van der Waals surface area contributed by atoms with E-state index < -0.39 is 28.7 Å². The highest BCUT2D eigenvalue weighted by atomic mass is 19.1. The zero-order chi connectivity index (χ0) is 16.6. The van der Waals surface area contributed by atoms with Gasteiger partial charge in [0.25, 0.3) is 5.56 Å². The summed E-state index contributed by atoms with van der Waals surface area (Å²) < 4.78 is 13.4. The maximum atomic E-state index is 13.4. The Kier molecular flexibility index (Phi) is 3.46. The molecule has 0 bridgehead atoms. The van der Waals surface area contributed by atoms with Crippen molar-refractivity contribution in [2.75, 3.05) is 0 Å². The second-order valence-electron chi connectivity index (χ2n) is 4.78. The molecule has 3 aromatic rings. The second-order valence-corrected chi connectivity index (χ2v) is 4.78. The van der Waals surface area contributed by atoms with Crippen LogP contribution in [0.2, 0.25) is 0 Å². The number of hydrogen-bond donors (Lipinski definition) is 2. The van der Waals surface area contributed by atoms with Crippen LogP contribution in [0, 0.1) is 5.82 Å². The predicted molar refractivity (Wildman–Crippen MR) is 79.2 cm³/mol. The molecule has 1 aromatic heterocycles. The van der Waals surface area contributed by atoms with E-state index in [2.05, 4.69) is 10.2 Å². The molecule has 0 unspecified atom stereocenters. The lowest BCUT2D eigenvalue weighted by molar-refractivity contribution is 0.0692. The number of halogens is 1. The molecule has 0 amide bonds. The lowest BCUT2D eigenvalue weighted by Gasteiger charge is -2.05. The predicted octanol–water partition coefficient (Wildman–Crippen LogP) is 1.99. The van der Waals surface area contributed by atoms with Crippen LogP contribution in [0.5, 0.6) is 0 Å². The highest BCUT2D eigenvalue weighted by molar-refractivity contribution is 6.15. The van der Waals surface area contributed by atoms with E-state index in [1.165, 1.54) is 6.07 Å². The fourth-order valence-corrected chi connectivity index (χ4v) is 2.25. The van der Waals surface area contributed by atoms with E-state index in [4.69, 9.17) is 5.11 Å². The highest BCUT2D eigenvalue weighted by Gasteiger charge is 2.19. The van der Waals surface area contributed by atoms with Gasteiger partial charge in [-0.15, -0.1) is 0 Å². The normalized spacial score (nSPS) is 10.7. The number of benzene rings is 2. The lowest BCUT2D eigenvalue weighted by Crippen LogP contribution is -2.15. The van der Waals surface area contributed by atoms with Crippen LogP contribution >= 0.6 is 0 Å². The molecule has 0 aliphatic rings. The van der Waals surface area contributed by atoms with Crippen LogP contribution in [0.4, 0.5) is 4.39 Å². The molecular formula is C16H9FN2O4. The minimum atomic E-state index is -1.48. The largest absolute Gasteiger partial charge is 0.478 e. The van der Waals surface area contributed by atoms with Crippen molar-refractivity contribution >= 4 is 22.5 Å². The second kappa shape index (κ2) is 5.45. The molecule has 2 N–H and O–H groups in total. The fraction of sp³-hybridized carbons (Fsp3) is 0. The monoisotopic (exact) mass is 312 g/mol. The van der Waals surface area contributed by atoms with Crippen LogP contribution in [0.25, 0.3) is 10.8 Å². The summed E-state index contributed by atoms with van der Waals surface area (Å²) in [6, 6.07) is 9.42. The number of aromatic amines is 1. The van der Waals surface area contributed by atoms with Gasteiger partial charge < -0.3 is 5.11 Å². The van der Waals surface area contributed by atoms with Crippen LogP contribution in [0.1, 0.15) is 26.4 Å². The van der Waals surface area contributed by atoms with Crippen molar-refractivity contribution < 1.29 is 19.1 Å². The first-order chi connectivity index (χ1) is 11.0. The number of hydrogen-bond acceptors (Lipinski definition) is 4. The summed E-state index contributed by atoms with van der Waals surface area (Å²) in [5, 5.41) is 15.5. The molecule has 1 heterocycles. The number of carbonyl (C=O) groups excluding carboxylic acids is 1. The highest BCUT2D eigenvalue weighted by Crippen LogP contribution is 2.18. The zero-order valence-electron chi connectivity index (χ0n) is 11.5. The number of carbonyl (C=O) groups is 2. The van der Waals surface area contributed by atoms with E-state index in [9.17, 15) is 18.8 Å². The van der Waals surface area contributed by atoms with Gasteiger partial charge in [0.15, 0.2) is 0 Å². The number of carboxylic acids is 1. The number of carboxylic acid groups (broad SMARTS) is 1. The van der Waals surface area contributed by atoms with Crippen molar-refractivity contribution in [1.29, 1.82) is 0 Å². The summed E-state index contributed by atoms with van der Waals surface area (Å²) in [6.07, 6.45) is 0. The molecule has 0 spiro atoms. The molecular weight excluding hydrogens is 303 g/mol. The van der Waals surface area contributed by atoms with Crippen LogP contribution in [0.15, 0.2) is 47.3 Å². The molecule has 0 saturated carbocycles.